The summed E-state index contributed by atoms with van der Waals surface area (Å²) < 4.78 is 28.1. The Hall–Kier alpha value is -2.37. The number of hydrogen-bond acceptors (Lipinski definition) is 3. The maximum Gasteiger partial charge on any atom is 0.267 e. The third kappa shape index (κ3) is 4.09. The van der Waals surface area contributed by atoms with Crippen molar-refractivity contribution < 1.29 is 13.2 Å². The molecule has 1 aliphatic heterocycles. The molecule has 2 aliphatic rings. The maximum atomic E-state index is 13.5. The highest BCUT2D eigenvalue weighted by atomic mass is 35.5. The molecule has 0 spiro atoms. The first kappa shape index (κ1) is 20.9. The number of halogens is 1. The van der Waals surface area contributed by atoms with Gasteiger partial charge in [-0.2, -0.15) is 0 Å². The van der Waals surface area contributed by atoms with E-state index in [0.29, 0.717) is 23.4 Å². The van der Waals surface area contributed by atoms with Crippen LogP contribution in [-0.4, -0.2) is 24.7 Å². The van der Waals surface area contributed by atoms with Gasteiger partial charge in [-0.3, -0.25) is 4.79 Å². The van der Waals surface area contributed by atoms with E-state index in [-0.39, 0.29) is 10.8 Å². The molecule has 6 heteroatoms. The predicted octanol–water partition coefficient (Wildman–Crippen LogP) is 5.52. The zero-order valence-corrected chi connectivity index (χ0v) is 18.4. The molecule has 0 saturated heterocycles. The molecular weight excluding hydrogens is 418 g/mol. The Morgan fingerprint density at radius 2 is 1.67 bits per heavy atom. The van der Waals surface area contributed by atoms with Crippen LogP contribution in [0.3, 0.4) is 0 Å². The molecule has 4 nitrogen and oxygen atoms in total. The maximum absolute atomic E-state index is 13.5. The van der Waals surface area contributed by atoms with Crippen molar-refractivity contribution in [3.8, 4) is 0 Å². The van der Waals surface area contributed by atoms with Gasteiger partial charge in [0.15, 0.2) is 0 Å². The lowest BCUT2D eigenvalue weighted by Gasteiger charge is -2.37. The molecule has 2 aromatic carbocycles. The number of amides is 1. The first-order valence-electron chi connectivity index (χ1n) is 10.2. The van der Waals surface area contributed by atoms with Crippen LogP contribution < -0.4 is 0 Å². The fourth-order valence-electron chi connectivity index (χ4n) is 4.12. The van der Waals surface area contributed by atoms with Crippen molar-refractivity contribution in [1.82, 2.24) is 4.31 Å². The zero-order valence-electron chi connectivity index (χ0n) is 16.8. The Morgan fingerprint density at radius 3 is 2.37 bits per heavy atom. The molecule has 0 fully saturated rings. The highest BCUT2D eigenvalue weighted by molar-refractivity contribution is 7.89. The zero-order chi connectivity index (χ0) is 21.3. The lowest BCUT2D eigenvalue weighted by Crippen LogP contribution is -2.48. The van der Waals surface area contributed by atoms with Crippen LogP contribution in [0.2, 0.25) is 5.02 Å². The van der Waals surface area contributed by atoms with E-state index in [1.54, 1.807) is 36.4 Å². The topological polar surface area (TPSA) is 54.5 Å². The quantitative estimate of drug-likeness (QED) is 0.627. The molecule has 1 heterocycles. The summed E-state index contributed by atoms with van der Waals surface area (Å²) in [6.45, 7) is 1.90. The summed E-state index contributed by atoms with van der Waals surface area (Å²) >= 11 is 5.96. The lowest BCUT2D eigenvalue weighted by atomic mass is 9.84. The van der Waals surface area contributed by atoms with Gasteiger partial charge in [-0.1, -0.05) is 59.2 Å². The van der Waals surface area contributed by atoms with Crippen LogP contribution in [0.5, 0.6) is 0 Å². The number of nitrogens with zero attached hydrogens (tertiary/aromatic N) is 1. The number of carbonyl (C=O) groups excluding carboxylic acids is 1. The molecule has 0 saturated carbocycles. The van der Waals surface area contributed by atoms with Crippen LogP contribution >= 0.6 is 11.6 Å². The van der Waals surface area contributed by atoms with Crippen molar-refractivity contribution in [2.45, 2.75) is 50.0 Å². The first-order chi connectivity index (χ1) is 14.4. The van der Waals surface area contributed by atoms with E-state index in [0.717, 1.165) is 40.3 Å². The molecule has 1 aliphatic carbocycles. The molecule has 30 heavy (non-hydrogen) atoms. The fourth-order valence-corrected chi connectivity index (χ4v) is 5.79. The molecule has 2 aromatic rings. The van der Waals surface area contributed by atoms with Crippen molar-refractivity contribution in [3.63, 3.8) is 0 Å². The second-order valence-electron chi connectivity index (χ2n) is 7.89. The van der Waals surface area contributed by atoms with Crippen molar-refractivity contribution in [1.29, 1.82) is 0 Å². The fraction of sp³-hybridized carbons (Fsp3) is 0.292. The average Bonchev–Trinajstić information content (AvgIpc) is 2.73. The summed E-state index contributed by atoms with van der Waals surface area (Å²) in [5, 5.41) is 0.639. The number of rotatable bonds is 4. The normalized spacial score (nSPS) is 20.0. The van der Waals surface area contributed by atoms with E-state index in [1.165, 1.54) is 0 Å². The van der Waals surface area contributed by atoms with Crippen molar-refractivity contribution >= 4 is 33.6 Å². The summed E-state index contributed by atoms with van der Waals surface area (Å²) in [5.41, 5.74) is 3.67. The summed E-state index contributed by atoms with van der Waals surface area (Å²) in [4.78, 5) is 13.5. The van der Waals surface area contributed by atoms with Gasteiger partial charge < -0.3 is 0 Å². The number of aryl methyl sites for hydroxylation is 1. The number of hydrogen-bond donors (Lipinski definition) is 0. The third-order valence-electron chi connectivity index (χ3n) is 5.76. The van der Waals surface area contributed by atoms with Gasteiger partial charge in [0, 0.05) is 10.6 Å². The van der Waals surface area contributed by atoms with Gasteiger partial charge in [-0.15, -0.1) is 0 Å². The Kier molecular flexibility index (Phi) is 5.85. The molecule has 1 unspecified atom stereocenters. The number of carbonyl (C=O) groups is 1. The Balaban J connectivity index is 1.75. The summed E-state index contributed by atoms with van der Waals surface area (Å²) in [5.74, 6) is -0.373. The predicted molar refractivity (Wildman–Crippen MR) is 120 cm³/mol. The van der Waals surface area contributed by atoms with Crippen molar-refractivity contribution in [2.75, 3.05) is 0 Å². The van der Waals surface area contributed by atoms with Crippen LogP contribution in [0.1, 0.15) is 43.2 Å². The van der Waals surface area contributed by atoms with Crippen LogP contribution in [0.25, 0.3) is 6.08 Å². The molecule has 156 valence electrons. The minimum Gasteiger partial charge on any atom is -0.268 e. The SMILES string of the molecule is Cc1ccc(S(=O)(=O)N2C(=O)C3=C(CCCC3)CC2/C=C/c2ccc(Cl)cc2)cc1. The first-order valence-corrected chi connectivity index (χ1v) is 12.0. The second-order valence-corrected chi connectivity index (χ2v) is 10.1. The average molecular weight is 442 g/mol. The van der Waals surface area contributed by atoms with E-state index in [9.17, 15) is 13.2 Å². The Bertz CT molecular complexity index is 1120. The molecule has 0 aromatic heterocycles. The monoisotopic (exact) mass is 441 g/mol. The van der Waals surface area contributed by atoms with E-state index in [1.807, 2.05) is 31.2 Å². The highest BCUT2D eigenvalue weighted by Gasteiger charge is 2.41. The van der Waals surface area contributed by atoms with E-state index >= 15 is 0 Å². The molecule has 0 radical (unpaired) electrons. The van der Waals surface area contributed by atoms with Gasteiger partial charge >= 0.3 is 0 Å². The summed E-state index contributed by atoms with van der Waals surface area (Å²) in [7, 11) is -3.96. The Labute approximate surface area is 182 Å². The van der Waals surface area contributed by atoms with Gasteiger partial charge in [0.2, 0.25) is 0 Å². The van der Waals surface area contributed by atoms with Crippen LogP contribution in [0, 0.1) is 6.92 Å². The van der Waals surface area contributed by atoms with Gasteiger partial charge in [0.05, 0.1) is 10.9 Å². The smallest absolute Gasteiger partial charge is 0.267 e. The number of sulfonamides is 1. The molecular formula is C24H24ClNO3S. The second kappa shape index (κ2) is 8.40. The molecule has 0 bridgehead atoms. The van der Waals surface area contributed by atoms with Crippen molar-refractivity contribution in [3.05, 3.63) is 81.9 Å². The van der Waals surface area contributed by atoms with E-state index < -0.39 is 16.1 Å². The van der Waals surface area contributed by atoms with Crippen LogP contribution in [-0.2, 0) is 14.8 Å². The molecule has 0 N–H and O–H groups in total. The van der Waals surface area contributed by atoms with Gasteiger partial charge in [-0.25, -0.2) is 12.7 Å². The number of benzene rings is 2. The largest absolute Gasteiger partial charge is 0.268 e. The standard InChI is InChI=1S/C24H24ClNO3S/c1-17-6-14-22(15-7-17)30(28,29)26-21(13-10-18-8-11-20(25)12-9-18)16-19-4-2-3-5-23(19)24(26)27/h6-15,21H,2-5,16H2,1H3/b13-10+. The van der Waals surface area contributed by atoms with Crippen LogP contribution in [0.15, 0.2) is 70.6 Å². The summed E-state index contributed by atoms with van der Waals surface area (Å²) in [6.07, 6.45) is 7.73. The third-order valence-corrected chi connectivity index (χ3v) is 7.83. The minimum absolute atomic E-state index is 0.145. The van der Waals surface area contributed by atoms with Crippen molar-refractivity contribution in [2.24, 2.45) is 0 Å². The van der Waals surface area contributed by atoms with Crippen LogP contribution in [0.4, 0.5) is 0 Å². The van der Waals surface area contributed by atoms with Gasteiger partial charge in [-0.05, 0) is 68.9 Å². The molecule has 1 amide bonds. The minimum atomic E-state index is -3.96. The lowest BCUT2D eigenvalue weighted by molar-refractivity contribution is -0.124. The molecule has 4 rings (SSSR count). The summed E-state index contributed by atoms with van der Waals surface area (Å²) in [6, 6.07) is 13.4. The van der Waals surface area contributed by atoms with E-state index in [2.05, 4.69) is 0 Å². The highest BCUT2D eigenvalue weighted by Crippen LogP contribution is 2.37. The Morgan fingerprint density at radius 1 is 1.00 bits per heavy atom. The molecule has 1 atom stereocenters. The van der Waals surface area contributed by atoms with E-state index in [4.69, 9.17) is 11.6 Å². The van der Waals surface area contributed by atoms with Gasteiger partial charge in [0.25, 0.3) is 15.9 Å². The van der Waals surface area contributed by atoms with Gasteiger partial charge in [0.1, 0.15) is 0 Å².